The average Bonchev–Trinajstić information content (AvgIpc) is 3.59. The summed E-state index contributed by atoms with van der Waals surface area (Å²) in [5, 5.41) is 29.1. The quantitative estimate of drug-likeness (QED) is 0.245. The minimum atomic E-state index is -0.291. The number of aromatic nitrogens is 4. The van der Waals surface area contributed by atoms with Gasteiger partial charge in [-0.2, -0.15) is 20.1 Å². The molecule has 41 heavy (non-hydrogen) atoms. The molecule has 5 aromatic rings. The summed E-state index contributed by atoms with van der Waals surface area (Å²) in [7, 11) is 4.62. The van der Waals surface area contributed by atoms with Gasteiger partial charge in [-0.3, -0.25) is 4.79 Å². The van der Waals surface area contributed by atoms with Crippen LogP contribution in [0.4, 0.5) is 11.5 Å². The first-order chi connectivity index (χ1) is 20.0. The van der Waals surface area contributed by atoms with Crippen molar-refractivity contribution in [2.75, 3.05) is 26.6 Å². The van der Waals surface area contributed by atoms with E-state index in [0.29, 0.717) is 57.6 Å². The fourth-order valence-corrected chi connectivity index (χ4v) is 4.27. The lowest BCUT2D eigenvalue weighted by atomic mass is 10.1. The molecule has 0 radical (unpaired) electrons. The Labute approximate surface area is 234 Å². The summed E-state index contributed by atoms with van der Waals surface area (Å²) in [4.78, 5) is 19.7. The van der Waals surface area contributed by atoms with Crippen molar-refractivity contribution >= 4 is 23.1 Å². The highest BCUT2D eigenvalue weighted by Crippen LogP contribution is 2.43. The van der Waals surface area contributed by atoms with Crippen molar-refractivity contribution < 1.29 is 19.0 Å². The summed E-state index contributed by atoms with van der Waals surface area (Å²) in [6.07, 6.45) is 2.86. The lowest BCUT2D eigenvalue weighted by Crippen LogP contribution is -2.22. The molecule has 0 saturated heterocycles. The Morgan fingerprint density at radius 3 is 2.29 bits per heavy atom. The minimum Gasteiger partial charge on any atom is -0.493 e. The van der Waals surface area contributed by atoms with E-state index in [0.717, 1.165) is 11.3 Å². The molecular formula is C29H24N8O4. The van der Waals surface area contributed by atoms with Gasteiger partial charge in [0.2, 0.25) is 5.75 Å². The fourth-order valence-electron chi connectivity index (χ4n) is 4.27. The molecule has 0 atom stereocenters. The zero-order chi connectivity index (χ0) is 28.9. The Balaban J connectivity index is 1.41. The number of aromatic amines is 1. The van der Waals surface area contributed by atoms with Crippen molar-refractivity contribution in [3.8, 4) is 40.6 Å². The molecule has 0 aliphatic heterocycles. The molecule has 0 unspecified atom stereocenters. The predicted octanol–water partition coefficient (Wildman–Crippen LogP) is 4.17. The van der Waals surface area contributed by atoms with E-state index in [-0.39, 0.29) is 11.6 Å². The molecule has 3 N–H and O–H groups in total. The van der Waals surface area contributed by atoms with Crippen LogP contribution in [0.1, 0.15) is 27.2 Å². The highest BCUT2D eigenvalue weighted by Gasteiger charge is 2.21. The zero-order valence-electron chi connectivity index (χ0n) is 22.3. The number of fused-ring (bicyclic) bond motifs is 1. The van der Waals surface area contributed by atoms with Crippen LogP contribution in [0.2, 0.25) is 0 Å². The molecular weight excluding hydrogens is 524 g/mol. The number of imidazole rings is 1. The van der Waals surface area contributed by atoms with Crippen LogP contribution in [0.15, 0.2) is 60.9 Å². The Kier molecular flexibility index (Phi) is 7.39. The summed E-state index contributed by atoms with van der Waals surface area (Å²) < 4.78 is 18.1. The summed E-state index contributed by atoms with van der Waals surface area (Å²) in [6, 6.07) is 18.3. The van der Waals surface area contributed by atoms with Crippen molar-refractivity contribution in [3.05, 3.63) is 83.3 Å². The van der Waals surface area contributed by atoms with E-state index in [9.17, 15) is 10.1 Å². The lowest BCUT2D eigenvalue weighted by Gasteiger charge is -2.15. The number of hydrogen-bond acceptors (Lipinski definition) is 9. The summed E-state index contributed by atoms with van der Waals surface area (Å²) >= 11 is 0. The topological polar surface area (TPSA) is 162 Å². The third kappa shape index (κ3) is 5.17. The Bertz CT molecular complexity index is 1780. The Morgan fingerprint density at radius 1 is 0.976 bits per heavy atom. The first kappa shape index (κ1) is 26.6. The molecule has 0 saturated carbocycles. The van der Waals surface area contributed by atoms with Gasteiger partial charge in [0.1, 0.15) is 23.4 Å². The van der Waals surface area contributed by atoms with Gasteiger partial charge in [0.15, 0.2) is 23.0 Å². The fraction of sp³-hybridized carbons (Fsp3) is 0.138. The highest BCUT2D eigenvalue weighted by molar-refractivity contribution is 5.93. The van der Waals surface area contributed by atoms with Crippen LogP contribution < -0.4 is 24.8 Å². The lowest BCUT2D eigenvalue weighted by molar-refractivity contribution is 0.0950. The number of amides is 1. The maximum absolute atomic E-state index is 12.4. The van der Waals surface area contributed by atoms with E-state index < -0.39 is 0 Å². The van der Waals surface area contributed by atoms with Gasteiger partial charge < -0.3 is 29.8 Å². The van der Waals surface area contributed by atoms with Crippen LogP contribution in [-0.4, -0.2) is 46.8 Å². The number of methoxy groups -OCH3 is 3. The molecule has 1 amide bonds. The van der Waals surface area contributed by atoms with Crippen molar-refractivity contribution in [2.24, 2.45) is 0 Å². The molecule has 0 aliphatic carbocycles. The maximum Gasteiger partial charge on any atom is 0.253 e. The number of ether oxygens (including phenoxy) is 3. The van der Waals surface area contributed by atoms with Gasteiger partial charge in [0.05, 0.1) is 38.8 Å². The second-order valence-electron chi connectivity index (χ2n) is 8.74. The smallest absolute Gasteiger partial charge is 0.253 e. The number of rotatable bonds is 9. The number of nitriles is 2. The number of carbonyl (C=O) groups excluding carboxylic acids is 1. The van der Waals surface area contributed by atoms with E-state index in [2.05, 4.69) is 31.8 Å². The standard InChI is InChI=1S/C29H24N8O4/c1-39-23-10-19(11-24(40-2)26(23)41-3)25-28(37-27(36-25)20(12-30)16-34-37)35-21-7-4-17(5-8-21)14-33-29(38)18-6-9-22(13-31)32-15-18/h4-11,15-16,35-36H,14H2,1-3H3,(H,33,38). The van der Waals surface area contributed by atoms with Gasteiger partial charge in [-0.15, -0.1) is 0 Å². The largest absolute Gasteiger partial charge is 0.493 e. The molecule has 0 spiro atoms. The molecule has 204 valence electrons. The molecule has 0 fully saturated rings. The van der Waals surface area contributed by atoms with Crippen LogP contribution in [0.3, 0.4) is 0 Å². The summed E-state index contributed by atoms with van der Waals surface area (Å²) in [5.74, 6) is 1.71. The second kappa shape index (κ2) is 11.4. The first-order valence-electron chi connectivity index (χ1n) is 12.3. The van der Waals surface area contributed by atoms with Crippen molar-refractivity contribution in [3.63, 3.8) is 0 Å². The molecule has 0 bridgehead atoms. The molecule has 12 heteroatoms. The molecule has 0 aliphatic rings. The van der Waals surface area contributed by atoms with Gasteiger partial charge in [0, 0.05) is 24.0 Å². The number of H-pyrrole nitrogens is 1. The number of pyridine rings is 1. The van der Waals surface area contributed by atoms with Gasteiger partial charge in [-0.05, 0) is 42.0 Å². The van der Waals surface area contributed by atoms with Crippen LogP contribution in [0.25, 0.3) is 16.9 Å². The number of nitrogens with one attached hydrogen (secondary N) is 3. The molecule has 2 aromatic carbocycles. The Morgan fingerprint density at radius 2 is 1.71 bits per heavy atom. The van der Waals surface area contributed by atoms with Gasteiger partial charge in [-0.25, -0.2) is 4.98 Å². The van der Waals surface area contributed by atoms with Crippen LogP contribution in [0.5, 0.6) is 17.2 Å². The average molecular weight is 549 g/mol. The number of hydrogen-bond donors (Lipinski definition) is 3. The molecule has 12 nitrogen and oxygen atoms in total. The maximum atomic E-state index is 12.4. The van der Waals surface area contributed by atoms with Crippen LogP contribution in [0, 0.1) is 22.7 Å². The number of benzene rings is 2. The van der Waals surface area contributed by atoms with E-state index in [1.54, 1.807) is 36.9 Å². The van der Waals surface area contributed by atoms with Gasteiger partial charge in [-0.1, -0.05) is 12.1 Å². The van der Waals surface area contributed by atoms with E-state index >= 15 is 0 Å². The molecule has 3 aromatic heterocycles. The SMILES string of the molecule is COc1cc(-c2[nH]c3c(C#N)cnn3c2Nc2ccc(CNC(=O)c3ccc(C#N)nc3)cc2)cc(OC)c1OC. The normalized spacial score (nSPS) is 10.5. The summed E-state index contributed by atoms with van der Waals surface area (Å²) in [6.45, 7) is 0.300. The minimum absolute atomic E-state index is 0.247. The first-order valence-corrected chi connectivity index (χ1v) is 12.3. The molecule has 5 rings (SSSR count). The van der Waals surface area contributed by atoms with E-state index in [4.69, 9.17) is 19.5 Å². The zero-order valence-corrected chi connectivity index (χ0v) is 22.3. The van der Waals surface area contributed by atoms with E-state index in [1.807, 2.05) is 30.3 Å². The third-order valence-corrected chi connectivity index (χ3v) is 6.35. The number of carbonyl (C=O) groups is 1. The highest BCUT2D eigenvalue weighted by atomic mass is 16.5. The molecule has 3 heterocycles. The number of nitrogens with zero attached hydrogens (tertiary/aromatic N) is 5. The van der Waals surface area contributed by atoms with Crippen LogP contribution >= 0.6 is 0 Å². The van der Waals surface area contributed by atoms with E-state index in [1.165, 1.54) is 25.6 Å². The Hall–Kier alpha value is -6.01. The number of anilines is 2. The van der Waals surface area contributed by atoms with Gasteiger partial charge >= 0.3 is 0 Å². The van der Waals surface area contributed by atoms with Crippen molar-refractivity contribution in [1.29, 1.82) is 10.5 Å². The van der Waals surface area contributed by atoms with Gasteiger partial charge in [0.25, 0.3) is 5.91 Å². The third-order valence-electron chi connectivity index (χ3n) is 6.35. The second-order valence-corrected chi connectivity index (χ2v) is 8.74. The monoisotopic (exact) mass is 548 g/mol. The summed E-state index contributed by atoms with van der Waals surface area (Å²) in [5.41, 5.74) is 4.51. The van der Waals surface area contributed by atoms with Crippen LogP contribution in [-0.2, 0) is 6.54 Å². The van der Waals surface area contributed by atoms with Crippen molar-refractivity contribution in [1.82, 2.24) is 24.9 Å². The predicted molar refractivity (Wildman–Crippen MR) is 149 cm³/mol. The van der Waals surface area contributed by atoms with Crippen molar-refractivity contribution in [2.45, 2.75) is 6.54 Å².